The highest BCUT2D eigenvalue weighted by Gasteiger charge is 2.21. The van der Waals surface area contributed by atoms with E-state index >= 15 is 0 Å². The van der Waals surface area contributed by atoms with Gasteiger partial charge in [-0.25, -0.2) is 8.42 Å². The van der Waals surface area contributed by atoms with Crippen LogP contribution in [0.5, 0.6) is 0 Å². The van der Waals surface area contributed by atoms with Gasteiger partial charge in [-0.1, -0.05) is 66.7 Å². The number of rotatable bonds is 7. The maximum atomic E-state index is 12.9. The summed E-state index contributed by atoms with van der Waals surface area (Å²) >= 11 is 8.92. The zero-order valence-corrected chi connectivity index (χ0v) is 19.5. The Morgan fingerprint density at radius 1 is 1.17 bits per heavy atom. The molecular formula is C19H19ClN4O3S3. The molecule has 11 heteroatoms. The number of benzene rings is 2. The third-order valence-corrected chi connectivity index (χ3v) is 7.61. The lowest BCUT2D eigenvalue weighted by molar-refractivity contribution is 0.102. The van der Waals surface area contributed by atoms with Gasteiger partial charge in [0.15, 0.2) is 4.34 Å². The first-order valence-electron chi connectivity index (χ1n) is 8.85. The minimum absolute atomic E-state index is 0.0131. The van der Waals surface area contributed by atoms with Crippen molar-refractivity contribution < 1.29 is 13.2 Å². The van der Waals surface area contributed by atoms with E-state index in [0.717, 1.165) is 9.90 Å². The normalized spacial score (nSPS) is 11.5. The molecule has 0 radical (unpaired) electrons. The molecule has 0 atom stereocenters. The van der Waals surface area contributed by atoms with E-state index in [0.29, 0.717) is 16.1 Å². The van der Waals surface area contributed by atoms with Gasteiger partial charge in [-0.2, -0.15) is 0 Å². The lowest BCUT2D eigenvalue weighted by Gasteiger charge is -2.12. The van der Waals surface area contributed by atoms with Gasteiger partial charge in [0.25, 0.3) is 15.9 Å². The Bertz CT molecular complexity index is 1180. The number of carbonyl (C=O) groups is 1. The molecule has 0 fully saturated rings. The molecule has 1 amide bonds. The van der Waals surface area contributed by atoms with Gasteiger partial charge in [0.05, 0.1) is 10.7 Å². The predicted molar refractivity (Wildman–Crippen MR) is 122 cm³/mol. The molecular weight excluding hydrogens is 464 g/mol. The van der Waals surface area contributed by atoms with Gasteiger partial charge in [0, 0.05) is 10.8 Å². The second-order valence-electron chi connectivity index (χ2n) is 6.56. The number of nitrogens with zero attached hydrogens (tertiary/aromatic N) is 2. The monoisotopic (exact) mass is 482 g/mol. The summed E-state index contributed by atoms with van der Waals surface area (Å²) < 4.78 is 29.0. The average molecular weight is 483 g/mol. The number of hydrogen-bond donors (Lipinski definition) is 2. The zero-order valence-electron chi connectivity index (χ0n) is 16.3. The van der Waals surface area contributed by atoms with Crippen LogP contribution in [0.15, 0.2) is 51.7 Å². The lowest BCUT2D eigenvalue weighted by Crippen LogP contribution is -2.17. The summed E-state index contributed by atoms with van der Waals surface area (Å²) in [5.74, 6) is -0.503. The number of aromatic nitrogens is 2. The first kappa shape index (κ1) is 22.5. The maximum absolute atomic E-state index is 12.9. The van der Waals surface area contributed by atoms with E-state index in [1.165, 1.54) is 29.5 Å². The Hall–Kier alpha value is -2.14. The third kappa shape index (κ3) is 5.51. The van der Waals surface area contributed by atoms with Gasteiger partial charge in [-0.05, 0) is 36.8 Å². The van der Waals surface area contributed by atoms with Gasteiger partial charge >= 0.3 is 0 Å². The summed E-state index contributed by atoms with van der Waals surface area (Å²) in [5.41, 5.74) is 1.34. The predicted octanol–water partition coefficient (Wildman–Crippen LogP) is 5.05. The molecule has 158 valence electrons. The number of anilines is 2. The summed E-state index contributed by atoms with van der Waals surface area (Å²) in [6, 6.07) is 11.0. The van der Waals surface area contributed by atoms with E-state index < -0.39 is 15.9 Å². The molecule has 3 aromatic rings. The van der Waals surface area contributed by atoms with Crippen molar-refractivity contribution in [2.24, 2.45) is 0 Å². The summed E-state index contributed by atoms with van der Waals surface area (Å²) in [6.45, 7) is 5.85. The molecule has 0 spiro atoms. The van der Waals surface area contributed by atoms with E-state index in [1.807, 2.05) is 19.9 Å². The molecule has 0 aliphatic rings. The summed E-state index contributed by atoms with van der Waals surface area (Å²) in [4.78, 5) is 12.4. The quantitative estimate of drug-likeness (QED) is 0.361. The van der Waals surface area contributed by atoms with Crippen LogP contribution in [0, 0.1) is 6.92 Å². The smallest absolute Gasteiger partial charge is 0.263 e. The fourth-order valence-electron chi connectivity index (χ4n) is 2.42. The van der Waals surface area contributed by atoms with Crippen LogP contribution < -0.4 is 10.0 Å². The van der Waals surface area contributed by atoms with Crippen molar-refractivity contribution in [3.63, 3.8) is 0 Å². The number of hydrogen-bond acceptors (Lipinski definition) is 7. The topological polar surface area (TPSA) is 101 Å². The molecule has 0 bridgehead atoms. The Morgan fingerprint density at radius 3 is 2.60 bits per heavy atom. The molecule has 0 unspecified atom stereocenters. The van der Waals surface area contributed by atoms with Crippen molar-refractivity contribution in [1.29, 1.82) is 0 Å². The van der Waals surface area contributed by atoms with Crippen molar-refractivity contribution in [2.45, 2.75) is 35.3 Å². The molecule has 2 aromatic carbocycles. The van der Waals surface area contributed by atoms with Crippen molar-refractivity contribution in [1.82, 2.24) is 10.2 Å². The number of amides is 1. The highest BCUT2D eigenvalue weighted by atomic mass is 35.5. The van der Waals surface area contributed by atoms with E-state index in [-0.39, 0.29) is 15.5 Å². The highest BCUT2D eigenvalue weighted by Crippen LogP contribution is 2.30. The first-order chi connectivity index (χ1) is 14.2. The van der Waals surface area contributed by atoms with E-state index in [1.54, 1.807) is 36.9 Å². The highest BCUT2D eigenvalue weighted by molar-refractivity contribution is 8.01. The number of carbonyl (C=O) groups excluding carboxylic acids is 1. The number of sulfonamides is 1. The Labute approximate surface area is 188 Å². The van der Waals surface area contributed by atoms with Gasteiger partial charge in [-0.3, -0.25) is 14.8 Å². The van der Waals surface area contributed by atoms with E-state index in [9.17, 15) is 13.2 Å². The maximum Gasteiger partial charge on any atom is 0.263 e. The van der Waals surface area contributed by atoms with Crippen molar-refractivity contribution in [3.8, 4) is 0 Å². The SMILES string of the molecule is Cc1ccccc1NS(=O)(=O)c1cc(C(=O)Nc2nnc(SC(C)C)s2)ccc1Cl. The molecule has 0 saturated carbocycles. The molecule has 0 aliphatic carbocycles. The van der Waals surface area contributed by atoms with Crippen molar-refractivity contribution >= 4 is 61.4 Å². The van der Waals surface area contributed by atoms with E-state index in [4.69, 9.17) is 11.6 Å². The molecule has 1 heterocycles. The van der Waals surface area contributed by atoms with Gasteiger partial charge in [-0.15, -0.1) is 10.2 Å². The van der Waals surface area contributed by atoms with Crippen LogP contribution >= 0.6 is 34.7 Å². The molecule has 3 rings (SSSR count). The van der Waals surface area contributed by atoms with Gasteiger partial charge < -0.3 is 0 Å². The number of nitrogens with one attached hydrogen (secondary N) is 2. The van der Waals surface area contributed by atoms with Crippen LogP contribution in [0.25, 0.3) is 0 Å². The largest absolute Gasteiger partial charge is 0.296 e. The molecule has 30 heavy (non-hydrogen) atoms. The average Bonchev–Trinajstić information content (AvgIpc) is 3.09. The molecule has 7 nitrogen and oxygen atoms in total. The minimum atomic E-state index is -4.00. The summed E-state index contributed by atoms with van der Waals surface area (Å²) in [6.07, 6.45) is 0. The molecule has 2 N–H and O–H groups in total. The van der Waals surface area contributed by atoms with E-state index in [2.05, 4.69) is 20.2 Å². The number of para-hydroxylation sites is 1. The Balaban J connectivity index is 1.83. The molecule has 0 saturated heterocycles. The van der Waals surface area contributed by atoms with Crippen LogP contribution in [0.3, 0.4) is 0 Å². The number of thioether (sulfide) groups is 1. The second kappa shape index (κ2) is 9.34. The minimum Gasteiger partial charge on any atom is -0.296 e. The lowest BCUT2D eigenvalue weighted by atomic mass is 10.2. The molecule has 1 aromatic heterocycles. The van der Waals surface area contributed by atoms with Crippen LogP contribution in [0.2, 0.25) is 5.02 Å². The Kier molecular flexibility index (Phi) is 7.02. The Morgan fingerprint density at radius 2 is 1.90 bits per heavy atom. The number of aryl methyl sites for hydroxylation is 1. The third-order valence-electron chi connectivity index (χ3n) is 3.84. The number of halogens is 1. The van der Waals surface area contributed by atoms with Crippen LogP contribution in [-0.4, -0.2) is 29.8 Å². The second-order valence-corrected chi connectivity index (χ2v) is 11.4. The standard InChI is InChI=1S/C19H19ClN4O3S3/c1-11(2)28-19-23-22-18(29-19)21-17(25)13-8-9-14(20)16(10-13)30(26,27)24-15-7-5-4-6-12(15)3/h4-11,24H,1-3H3,(H,21,22,25). The van der Waals surface area contributed by atoms with Crippen LogP contribution in [0.1, 0.15) is 29.8 Å². The fourth-order valence-corrected chi connectivity index (χ4v) is 6.04. The molecule has 0 aliphatic heterocycles. The van der Waals surface area contributed by atoms with Crippen LogP contribution in [-0.2, 0) is 10.0 Å². The van der Waals surface area contributed by atoms with Gasteiger partial charge in [0.2, 0.25) is 5.13 Å². The fraction of sp³-hybridized carbons (Fsp3) is 0.211. The zero-order chi connectivity index (χ0) is 21.9. The van der Waals surface area contributed by atoms with Crippen molar-refractivity contribution in [2.75, 3.05) is 10.0 Å². The summed E-state index contributed by atoms with van der Waals surface area (Å²) in [5, 5.41) is 11.3. The van der Waals surface area contributed by atoms with Crippen molar-refractivity contribution in [3.05, 3.63) is 58.6 Å². The first-order valence-corrected chi connectivity index (χ1v) is 12.4. The van der Waals surface area contributed by atoms with Crippen LogP contribution in [0.4, 0.5) is 10.8 Å². The van der Waals surface area contributed by atoms with Gasteiger partial charge in [0.1, 0.15) is 4.90 Å². The summed E-state index contributed by atoms with van der Waals surface area (Å²) in [7, 11) is -4.00.